The van der Waals surface area contributed by atoms with Crippen LogP contribution in [0.2, 0.25) is 0 Å². The van der Waals surface area contributed by atoms with Crippen LogP contribution in [0.5, 0.6) is 0 Å². The summed E-state index contributed by atoms with van der Waals surface area (Å²) in [6.07, 6.45) is 0. The largest absolute Gasteiger partial charge is 0.398 e. The van der Waals surface area contributed by atoms with Crippen LogP contribution in [-0.4, -0.2) is 18.6 Å². The monoisotopic (exact) mass is 280 g/mol. The Kier molecular flexibility index (Phi) is 3.26. The van der Waals surface area contributed by atoms with E-state index in [4.69, 9.17) is 5.73 Å². The summed E-state index contributed by atoms with van der Waals surface area (Å²) < 4.78 is 26.6. The molecule has 100 valence electrons. The van der Waals surface area contributed by atoms with Crippen molar-refractivity contribution in [2.45, 2.75) is 11.8 Å². The first-order valence-electron chi connectivity index (χ1n) is 5.34. The van der Waals surface area contributed by atoms with E-state index < -0.39 is 15.6 Å². The number of benzene rings is 1. The Bertz CT molecular complexity index is 747. The lowest BCUT2D eigenvalue weighted by Crippen LogP contribution is -2.17. The molecule has 0 aliphatic carbocycles. The van der Waals surface area contributed by atoms with Crippen molar-refractivity contribution in [2.75, 3.05) is 10.5 Å². The average molecular weight is 280 g/mol. The molecule has 0 radical (unpaired) electrons. The second-order valence-electron chi connectivity index (χ2n) is 3.88. The van der Waals surface area contributed by atoms with Gasteiger partial charge >= 0.3 is 0 Å². The highest BCUT2D eigenvalue weighted by atomic mass is 32.2. The van der Waals surface area contributed by atoms with Gasteiger partial charge in [0.2, 0.25) is 0 Å². The van der Waals surface area contributed by atoms with Crippen molar-refractivity contribution < 1.29 is 8.42 Å². The molecule has 0 atom stereocenters. The number of sulfonamides is 1. The van der Waals surface area contributed by atoms with Crippen molar-refractivity contribution in [3.63, 3.8) is 0 Å². The molecule has 0 saturated heterocycles. The molecule has 1 aromatic carbocycles. The Hall–Kier alpha value is -2.35. The van der Waals surface area contributed by atoms with Crippen LogP contribution in [0.3, 0.4) is 0 Å². The minimum Gasteiger partial charge on any atom is -0.398 e. The van der Waals surface area contributed by atoms with Gasteiger partial charge in [-0.15, -0.1) is 0 Å². The maximum Gasteiger partial charge on any atom is 0.264 e. The molecule has 1 aromatic heterocycles. The van der Waals surface area contributed by atoms with Gasteiger partial charge in [-0.1, -0.05) is 6.07 Å². The molecule has 1 heterocycles. The number of hydrogen-bond acceptors (Lipinski definition) is 5. The van der Waals surface area contributed by atoms with Gasteiger partial charge in [0, 0.05) is 11.8 Å². The molecule has 0 bridgehead atoms. The van der Waals surface area contributed by atoms with Crippen LogP contribution in [0.1, 0.15) is 5.56 Å². The predicted octanol–water partition coefficient (Wildman–Crippen LogP) is 0.461. The summed E-state index contributed by atoms with van der Waals surface area (Å²) in [6, 6.07) is 7.07. The van der Waals surface area contributed by atoms with Gasteiger partial charge in [0.25, 0.3) is 15.6 Å². The second-order valence-corrected chi connectivity index (χ2v) is 5.53. The van der Waals surface area contributed by atoms with Crippen molar-refractivity contribution in [1.82, 2.24) is 10.2 Å². The molecule has 0 amide bonds. The highest BCUT2D eigenvalue weighted by molar-refractivity contribution is 7.92. The van der Waals surface area contributed by atoms with Crippen LogP contribution < -0.4 is 16.0 Å². The van der Waals surface area contributed by atoms with Crippen LogP contribution in [0.25, 0.3) is 0 Å². The zero-order chi connectivity index (χ0) is 14.0. The number of rotatable bonds is 3. The number of nitrogens with zero attached hydrogens (tertiary/aromatic N) is 1. The normalized spacial score (nSPS) is 11.2. The van der Waals surface area contributed by atoms with Crippen LogP contribution in [0, 0.1) is 6.92 Å². The molecule has 0 fully saturated rings. The van der Waals surface area contributed by atoms with Gasteiger partial charge in [0.15, 0.2) is 5.82 Å². The van der Waals surface area contributed by atoms with E-state index in [0.29, 0.717) is 11.3 Å². The number of hydrogen-bond donors (Lipinski definition) is 3. The zero-order valence-corrected chi connectivity index (χ0v) is 10.9. The van der Waals surface area contributed by atoms with Crippen molar-refractivity contribution in [2.24, 2.45) is 0 Å². The Morgan fingerprint density at radius 2 is 2.00 bits per heavy atom. The van der Waals surface area contributed by atoms with Crippen molar-refractivity contribution in [3.8, 4) is 0 Å². The van der Waals surface area contributed by atoms with Crippen LogP contribution in [0.4, 0.5) is 11.5 Å². The molecule has 2 rings (SSSR count). The first-order valence-corrected chi connectivity index (χ1v) is 6.82. The summed E-state index contributed by atoms with van der Waals surface area (Å²) >= 11 is 0. The number of anilines is 2. The maximum absolute atomic E-state index is 12.2. The van der Waals surface area contributed by atoms with Gasteiger partial charge in [-0.05, 0) is 30.7 Å². The average Bonchev–Trinajstić information content (AvgIpc) is 2.35. The second kappa shape index (κ2) is 4.73. The number of nitrogens with one attached hydrogen (secondary N) is 2. The molecule has 0 spiro atoms. The van der Waals surface area contributed by atoms with Crippen LogP contribution in [0.15, 0.2) is 40.0 Å². The van der Waals surface area contributed by atoms with E-state index >= 15 is 0 Å². The molecule has 7 nitrogen and oxygen atoms in total. The summed E-state index contributed by atoms with van der Waals surface area (Å²) in [5.74, 6) is 0.0291. The SMILES string of the molecule is Cc1c(N)cccc1S(=O)(=O)Nc1ccc(=O)[nH]n1. The minimum atomic E-state index is -3.79. The summed E-state index contributed by atoms with van der Waals surface area (Å²) in [4.78, 5) is 10.9. The van der Waals surface area contributed by atoms with Gasteiger partial charge in [0.1, 0.15) is 0 Å². The summed E-state index contributed by atoms with van der Waals surface area (Å²) in [7, 11) is -3.79. The van der Waals surface area contributed by atoms with Gasteiger partial charge in [-0.3, -0.25) is 9.52 Å². The molecular formula is C11H12N4O3S. The van der Waals surface area contributed by atoms with Crippen molar-refractivity contribution in [3.05, 3.63) is 46.2 Å². The first-order chi connectivity index (χ1) is 8.90. The number of aromatic amines is 1. The number of nitrogen functional groups attached to an aromatic ring is 1. The molecule has 0 aliphatic rings. The third-order valence-corrected chi connectivity index (χ3v) is 4.03. The molecule has 4 N–H and O–H groups in total. The first kappa shape index (κ1) is 13.1. The quantitative estimate of drug-likeness (QED) is 0.706. The van der Waals surface area contributed by atoms with Crippen molar-refractivity contribution >= 4 is 21.5 Å². The van der Waals surface area contributed by atoms with Gasteiger partial charge in [0.05, 0.1) is 4.90 Å². The van der Waals surface area contributed by atoms with Gasteiger partial charge < -0.3 is 5.73 Å². The lowest BCUT2D eigenvalue weighted by Gasteiger charge is -2.10. The summed E-state index contributed by atoms with van der Waals surface area (Å²) in [5.41, 5.74) is 6.11. The number of H-pyrrole nitrogens is 1. The lowest BCUT2D eigenvalue weighted by atomic mass is 10.2. The summed E-state index contributed by atoms with van der Waals surface area (Å²) in [5, 5.41) is 5.72. The Morgan fingerprint density at radius 3 is 2.63 bits per heavy atom. The number of aromatic nitrogens is 2. The maximum atomic E-state index is 12.2. The molecule has 0 unspecified atom stereocenters. The highest BCUT2D eigenvalue weighted by Crippen LogP contribution is 2.21. The standard InChI is InChI=1S/C11H12N4O3S/c1-7-8(12)3-2-4-9(7)19(17,18)15-10-5-6-11(16)14-13-10/h2-6H,12H2,1H3,(H,13,15)(H,14,16). The van der Waals surface area contributed by atoms with Crippen LogP contribution in [-0.2, 0) is 10.0 Å². The fraction of sp³-hybridized carbons (Fsp3) is 0.0909. The fourth-order valence-corrected chi connectivity index (χ4v) is 2.79. The smallest absolute Gasteiger partial charge is 0.264 e. The van der Waals surface area contributed by atoms with E-state index in [9.17, 15) is 13.2 Å². The van der Waals surface area contributed by atoms with E-state index in [-0.39, 0.29) is 10.7 Å². The Balaban J connectivity index is 2.40. The minimum absolute atomic E-state index is 0.0291. The number of nitrogens with two attached hydrogens (primary N) is 1. The lowest BCUT2D eigenvalue weighted by molar-refractivity contribution is 0.600. The zero-order valence-electron chi connectivity index (χ0n) is 10.0. The molecular weight excluding hydrogens is 268 g/mol. The summed E-state index contributed by atoms with van der Waals surface area (Å²) in [6.45, 7) is 1.62. The predicted molar refractivity (Wildman–Crippen MR) is 71.3 cm³/mol. The van der Waals surface area contributed by atoms with E-state index in [2.05, 4.69) is 14.9 Å². The van der Waals surface area contributed by atoms with E-state index in [0.717, 1.165) is 0 Å². The van der Waals surface area contributed by atoms with Gasteiger partial charge in [-0.25, -0.2) is 13.5 Å². The topological polar surface area (TPSA) is 118 Å². The van der Waals surface area contributed by atoms with Crippen molar-refractivity contribution in [1.29, 1.82) is 0 Å². The third kappa shape index (κ3) is 2.74. The fourth-order valence-electron chi connectivity index (χ4n) is 1.52. The molecule has 0 aliphatic heterocycles. The Morgan fingerprint density at radius 1 is 1.26 bits per heavy atom. The van der Waals surface area contributed by atoms with Gasteiger partial charge in [-0.2, -0.15) is 5.10 Å². The highest BCUT2D eigenvalue weighted by Gasteiger charge is 2.18. The molecule has 0 saturated carbocycles. The Labute approximate surface area is 109 Å². The third-order valence-electron chi connectivity index (χ3n) is 2.53. The van der Waals surface area contributed by atoms with Crippen LogP contribution >= 0.6 is 0 Å². The van der Waals surface area contributed by atoms with E-state index in [1.54, 1.807) is 19.1 Å². The molecule has 2 aromatic rings. The molecule has 19 heavy (non-hydrogen) atoms. The van der Waals surface area contributed by atoms with E-state index in [1.807, 2.05) is 0 Å². The van der Waals surface area contributed by atoms with E-state index in [1.165, 1.54) is 18.2 Å². The molecule has 8 heteroatoms.